The highest BCUT2D eigenvalue weighted by molar-refractivity contribution is 5.67. The Morgan fingerprint density at radius 3 is 2.71 bits per heavy atom. The SMILES string of the molecule is NC[C@H](N)CCNC(=O)OCc1ccccc1. The van der Waals surface area contributed by atoms with Crippen LogP contribution in [0.2, 0.25) is 0 Å². The molecule has 0 aliphatic carbocycles. The van der Waals surface area contributed by atoms with Crippen LogP contribution in [0.3, 0.4) is 0 Å². The monoisotopic (exact) mass is 237 g/mol. The van der Waals surface area contributed by atoms with Gasteiger partial charge in [0.2, 0.25) is 0 Å². The molecule has 1 rings (SSSR count). The number of amides is 1. The van der Waals surface area contributed by atoms with E-state index in [0.717, 1.165) is 5.56 Å². The summed E-state index contributed by atoms with van der Waals surface area (Å²) in [6.45, 7) is 1.17. The maximum atomic E-state index is 11.3. The van der Waals surface area contributed by atoms with Gasteiger partial charge in [-0.1, -0.05) is 30.3 Å². The quantitative estimate of drug-likeness (QED) is 0.675. The van der Waals surface area contributed by atoms with Crippen molar-refractivity contribution in [2.24, 2.45) is 11.5 Å². The first-order valence-electron chi connectivity index (χ1n) is 5.62. The van der Waals surface area contributed by atoms with Crippen LogP contribution in [0.5, 0.6) is 0 Å². The molecule has 5 N–H and O–H groups in total. The highest BCUT2D eigenvalue weighted by Crippen LogP contribution is 2.00. The van der Waals surface area contributed by atoms with Crippen molar-refractivity contribution < 1.29 is 9.53 Å². The van der Waals surface area contributed by atoms with Crippen molar-refractivity contribution in [1.82, 2.24) is 5.32 Å². The van der Waals surface area contributed by atoms with Gasteiger partial charge in [-0.3, -0.25) is 0 Å². The van der Waals surface area contributed by atoms with Crippen molar-refractivity contribution in [3.8, 4) is 0 Å². The lowest BCUT2D eigenvalue weighted by Gasteiger charge is -2.10. The normalized spacial score (nSPS) is 11.9. The molecule has 5 heteroatoms. The predicted molar refractivity (Wildman–Crippen MR) is 66.3 cm³/mol. The van der Waals surface area contributed by atoms with Crippen molar-refractivity contribution >= 4 is 6.09 Å². The van der Waals surface area contributed by atoms with Gasteiger partial charge in [-0.15, -0.1) is 0 Å². The van der Waals surface area contributed by atoms with Crippen LogP contribution < -0.4 is 16.8 Å². The molecule has 1 atom stereocenters. The maximum Gasteiger partial charge on any atom is 0.407 e. The lowest BCUT2D eigenvalue weighted by Crippen LogP contribution is -2.35. The van der Waals surface area contributed by atoms with Gasteiger partial charge < -0.3 is 21.5 Å². The molecule has 0 heterocycles. The zero-order valence-corrected chi connectivity index (χ0v) is 9.76. The molecule has 0 fully saturated rings. The standard InChI is InChI=1S/C12H19N3O2/c13-8-11(14)6-7-15-12(16)17-9-10-4-2-1-3-5-10/h1-5,11H,6-9,13-14H2,(H,15,16)/t11-/m1/s1. The molecule has 1 aromatic carbocycles. The Hall–Kier alpha value is -1.59. The second-order valence-corrected chi connectivity index (χ2v) is 3.77. The topological polar surface area (TPSA) is 90.4 Å². The number of ether oxygens (including phenoxy) is 1. The number of nitrogens with two attached hydrogens (primary N) is 2. The second kappa shape index (κ2) is 7.65. The molecule has 0 saturated heterocycles. The van der Waals surface area contributed by atoms with Crippen molar-refractivity contribution in [3.05, 3.63) is 35.9 Å². The van der Waals surface area contributed by atoms with Crippen LogP contribution in [0.4, 0.5) is 4.79 Å². The molecular weight excluding hydrogens is 218 g/mol. The third-order valence-corrected chi connectivity index (χ3v) is 2.30. The zero-order chi connectivity index (χ0) is 12.5. The minimum Gasteiger partial charge on any atom is -0.445 e. The molecule has 0 aromatic heterocycles. The molecular formula is C12H19N3O2. The Labute approximate surface area is 101 Å². The van der Waals surface area contributed by atoms with Gasteiger partial charge in [0.15, 0.2) is 0 Å². The van der Waals surface area contributed by atoms with Crippen LogP contribution in [-0.2, 0) is 11.3 Å². The average Bonchev–Trinajstić information content (AvgIpc) is 2.37. The third kappa shape index (κ3) is 5.89. The van der Waals surface area contributed by atoms with Crippen LogP contribution in [0.25, 0.3) is 0 Å². The first-order chi connectivity index (χ1) is 8.22. The van der Waals surface area contributed by atoms with E-state index >= 15 is 0 Å². The Bertz CT molecular complexity index is 330. The molecule has 1 amide bonds. The fourth-order valence-corrected chi connectivity index (χ4v) is 1.25. The molecule has 5 nitrogen and oxygen atoms in total. The highest BCUT2D eigenvalue weighted by Gasteiger charge is 2.03. The number of hydrogen-bond donors (Lipinski definition) is 3. The van der Waals surface area contributed by atoms with E-state index in [4.69, 9.17) is 16.2 Å². The van der Waals surface area contributed by atoms with Gasteiger partial charge in [0, 0.05) is 19.1 Å². The van der Waals surface area contributed by atoms with E-state index in [1.807, 2.05) is 30.3 Å². The first-order valence-corrected chi connectivity index (χ1v) is 5.62. The summed E-state index contributed by atoms with van der Waals surface area (Å²) in [5.41, 5.74) is 11.9. The lowest BCUT2D eigenvalue weighted by atomic mass is 10.2. The molecule has 17 heavy (non-hydrogen) atoms. The number of carbonyl (C=O) groups is 1. The maximum absolute atomic E-state index is 11.3. The molecule has 0 bridgehead atoms. The smallest absolute Gasteiger partial charge is 0.407 e. The van der Waals surface area contributed by atoms with Crippen molar-refractivity contribution in [1.29, 1.82) is 0 Å². The van der Waals surface area contributed by atoms with Gasteiger partial charge in [0.05, 0.1) is 0 Å². The predicted octanol–water partition coefficient (Wildman–Crippen LogP) is 0.589. The van der Waals surface area contributed by atoms with E-state index in [-0.39, 0.29) is 12.6 Å². The Balaban J connectivity index is 2.13. The van der Waals surface area contributed by atoms with Crippen molar-refractivity contribution in [2.45, 2.75) is 19.1 Å². The molecule has 0 saturated carbocycles. The van der Waals surface area contributed by atoms with Gasteiger partial charge in [0.1, 0.15) is 6.61 Å². The summed E-state index contributed by atoms with van der Waals surface area (Å²) in [5, 5.41) is 2.62. The van der Waals surface area contributed by atoms with Crippen molar-refractivity contribution in [2.75, 3.05) is 13.1 Å². The van der Waals surface area contributed by atoms with Crippen LogP contribution in [0.15, 0.2) is 30.3 Å². The van der Waals surface area contributed by atoms with E-state index in [1.54, 1.807) is 0 Å². The van der Waals surface area contributed by atoms with Gasteiger partial charge >= 0.3 is 6.09 Å². The molecule has 94 valence electrons. The minimum absolute atomic E-state index is 0.0792. The summed E-state index contributed by atoms with van der Waals surface area (Å²) in [6, 6.07) is 9.44. The van der Waals surface area contributed by atoms with E-state index < -0.39 is 6.09 Å². The first kappa shape index (κ1) is 13.5. The molecule has 1 aromatic rings. The van der Waals surface area contributed by atoms with E-state index in [1.165, 1.54) is 0 Å². The van der Waals surface area contributed by atoms with Crippen molar-refractivity contribution in [3.63, 3.8) is 0 Å². The van der Waals surface area contributed by atoms with Crippen LogP contribution in [-0.4, -0.2) is 25.2 Å². The van der Waals surface area contributed by atoms with Gasteiger partial charge in [-0.25, -0.2) is 4.79 Å². The van der Waals surface area contributed by atoms with E-state index in [2.05, 4.69) is 5.32 Å². The molecule has 0 spiro atoms. The third-order valence-electron chi connectivity index (χ3n) is 2.30. The summed E-state index contributed by atoms with van der Waals surface area (Å²) >= 11 is 0. The van der Waals surface area contributed by atoms with Crippen LogP contribution in [0, 0.1) is 0 Å². The second-order valence-electron chi connectivity index (χ2n) is 3.77. The highest BCUT2D eigenvalue weighted by atomic mass is 16.5. The number of alkyl carbamates (subject to hydrolysis) is 1. The Morgan fingerprint density at radius 2 is 2.06 bits per heavy atom. The average molecular weight is 237 g/mol. The summed E-state index contributed by atoms with van der Waals surface area (Å²) in [7, 11) is 0. The van der Waals surface area contributed by atoms with Gasteiger partial charge in [0.25, 0.3) is 0 Å². The summed E-state index contributed by atoms with van der Waals surface area (Å²) < 4.78 is 5.02. The summed E-state index contributed by atoms with van der Waals surface area (Å²) in [6.07, 6.45) is 0.217. The molecule has 0 radical (unpaired) electrons. The lowest BCUT2D eigenvalue weighted by molar-refractivity contribution is 0.139. The number of hydrogen-bond acceptors (Lipinski definition) is 4. The summed E-state index contributed by atoms with van der Waals surface area (Å²) in [5.74, 6) is 0. The largest absolute Gasteiger partial charge is 0.445 e. The Kier molecular flexibility index (Phi) is 6.06. The van der Waals surface area contributed by atoms with E-state index in [9.17, 15) is 4.79 Å². The van der Waals surface area contributed by atoms with Crippen LogP contribution in [0.1, 0.15) is 12.0 Å². The van der Waals surface area contributed by atoms with Gasteiger partial charge in [-0.2, -0.15) is 0 Å². The van der Waals surface area contributed by atoms with Crippen LogP contribution >= 0.6 is 0 Å². The fourth-order valence-electron chi connectivity index (χ4n) is 1.25. The summed E-state index contributed by atoms with van der Waals surface area (Å²) in [4.78, 5) is 11.3. The minimum atomic E-state index is -0.432. The number of nitrogens with one attached hydrogen (secondary N) is 1. The number of benzene rings is 1. The fraction of sp³-hybridized carbons (Fsp3) is 0.417. The van der Waals surface area contributed by atoms with Gasteiger partial charge in [-0.05, 0) is 12.0 Å². The zero-order valence-electron chi connectivity index (χ0n) is 9.76. The molecule has 0 aliphatic rings. The Morgan fingerprint density at radius 1 is 1.35 bits per heavy atom. The van der Waals surface area contributed by atoms with E-state index in [0.29, 0.717) is 19.5 Å². The number of rotatable bonds is 6. The molecule has 0 aliphatic heterocycles. The molecule has 0 unspecified atom stereocenters. The number of carbonyl (C=O) groups excluding carboxylic acids is 1.